The van der Waals surface area contributed by atoms with Crippen molar-refractivity contribution in [2.75, 3.05) is 13.2 Å². The molecule has 178 valence electrons. The summed E-state index contributed by atoms with van der Waals surface area (Å²) in [6.07, 6.45) is 32.1. The molecule has 0 aromatic carbocycles. The summed E-state index contributed by atoms with van der Waals surface area (Å²) in [5, 5.41) is 17.7. The lowest BCUT2D eigenvalue weighted by molar-refractivity contribution is -0.147. The number of aliphatic hydroxyl groups is 2. The van der Waals surface area contributed by atoms with E-state index in [1.54, 1.807) is 0 Å². The third kappa shape index (κ3) is 24.5. The molecule has 0 amide bonds. The van der Waals surface area contributed by atoms with Crippen LogP contribution in [0.25, 0.3) is 0 Å². The molecular weight excluding hydrogens is 388 g/mol. The minimum Gasteiger partial charge on any atom is -0.463 e. The van der Waals surface area contributed by atoms with Gasteiger partial charge in [-0.15, -0.1) is 0 Å². The maximum atomic E-state index is 11.4. The molecule has 0 fully saturated rings. The van der Waals surface area contributed by atoms with Gasteiger partial charge in [0, 0.05) is 6.42 Å². The van der Waals surface area contributed by atoms with Crippen LogP contribution in [0.15, 0.2) is 48.6 Å². The highest BCUT2D eigenvalue weighted by Gasteiger charge is 2.06. The molecule has 0 bridgehead atoms. The zero-order chi connectivity index (χ0) is 22.8. The van der Waals surface area contributed by atoms with E-state index in [0.717, 1.165) is 32.1 Å². The predicted molar refractivity (Wildman–Crippen MR) is 131 cm³/mol. The van der Waals surface area contributed by atoms with E-state index < -0.39 is 12.7 Å². The summed E-state index contributed by atoms with van der Waals surface area (Å²) < 4.78 is 4.84. The number of hydrogen-bond acceptors (Lipinski definition) is 4. The molecular formula is C27H46O4. The number of hydrogen-bond donors (Lipinski definition) is 2. The second kappa shape index (κ2) is 24.6. The van der Waals surface area contributed by atoms with Crippen molar-refractivity contribution in [2.45, 2.75) is 103 Å². The monoisotopic (exact) mass is 434 g/mol. The molecule has 0 unspecified atom stereocenters. The SMILES string of the molecule is CCCCCCCCC/C=C/C/C=C/C/C=C/C/C=C/CCCC(=O)OC[C@@H](O)CO. The lowest BCUT2D eigenvalue weighted by atomic mass is 10.1. The number of unbranched alkanes of at least 4 members (excludes halogenated alkanes) is 8. The summed E-state index contributed by atoms with van der Waals surface area (Å²) >= 11 is 0. The summed E-state index contributed by atoms with van der Waals surface area (Å²) in [4.78, 5) is 11.4. The minimum absolute atomic E-state index is 0.139. The zero-order valence-corrected chi connectivity index (χ0v) is 19.7. The first kappa shape index (κ1) is 29.4. The molecule has 0 aliphatic carbocycles. The van der Waals surface area contributed by atoms with Crippen LogP contribution >= 0.6 is 0 Å². The standard InChI is InChI=1S/C27H46O4/c1-2-3-4-5-6-7-8-9-10-11-12-13-14-15-16-17-18-19-20-21-22-23-27(30)31-25-26(29)24-28/h10-11,13-14,16-17,19-20,26,28-29H,2-9,12,15,18,21-25H2,1H3/b11-10+,14-13+,17-16+,20-19+/t26-/m0/s1. The first-order valence-electron chi connectivity index (χ1n) is 12.2. The van der Waals surface area contributed by atoms with Gasteiger partial charge in [-0.05, 0) is 44.9 Å². The lowest BCUT2D eigenvalue weighted by Crippen LogP contribution is -2.21. The second-order valence-electron chi connectivity index (χ2n) is 7.91. The number of carbonyl (C=O) groups excluding carboxylic acids is 1. The quantitative estimate of drug-likeness (QED) is 0.121. The third-order valence-electron chi connectivity index (χ3n) is 4.86. The molecule has 0 aromatic rings. The van der Waals surface area contributed by atoms with Crippen LogP contribution in [0.5, 0.6) is 0 Å². The van der Waals surface area contributed by atoms with Gasteiger partial charge in [-0.3, -0.25) is 4.79 Å². The molecule has 0 aliphatic heterocycles. The Labute approximate surface area is 190 Å². The third-order valence-corrected chi connectivity index (χ3v) is 4.86. The number of carbonyl (C=O) groups is 1. The molecule has 0 aliphatic rings. The van der Waals surface area contributed by atoms with Crippen LogP contribution in [0.3, 0.4) is 0 Å². The van der Waals surface area contributed by atoms with Crippen molar-refractivity contribution in [3.8, 4) is 0 Å². The Hall–Kier alpha value is -1.65. The number of aliphatic hydroxyl groups excluding tert-OH is 2. The zero-order valence-electron chi connectivity index (χ0n) is 19.7. The van der Waals surface area contributed by atoms with Gasteiger partial charge in [0.05, 0.1) is 6.61 Å². The molecule has 4 heteroatoms. The molecule has 0 saturated heterocycles. The van der Waals surface area contributed by atoms with E-state index in [0.29, 0.717) is 6.42 Å². The fourth-order valence-corrected chi connectivity index (χ4v) is 2.95. The maximum Gasteiger partial charge on any atom is 0.305 e. The number of ether oxygens (including phenoxy) is 1. The van der Waals surface area contributed by atoms with Crippen molar-refractivity contribution < 1.29 is 19.7 Å². The van der Waals surface area contributed by atoms with Crippen molar-refractivity contribution in [2.24, 2.45) is 0 Å². The molecule has 0 spiro atoms. The largest absolute Gasteiger partial charge is 0.463 e. The van der Waals surface area contributed by atoms with Crippen LogP contribution < -0.4 is 0 Å². The van der Waals surface area contributed by atoms with Crippen molar-refractivity contribution in [1.82, 2.24) is 0 Å². The number of allylic oxidation sites excluding steroid dienone is 8. The second-order valence-corrected chi connectivity index (χ2v) is 7.91. The minimum atomic E-state index is -0.985. The molecule has 4 nitrogen and oxygen atoms in total. The van der Waals surface area contributed by atoms with Gasteiger partial charge in [-0.25, -0.2) is 0 Å². The summed E-state index contributed by atoms with van der Waals surface area (Å²) in [7, 11) is 0. The van der Waals surface area contributed by atoms with E-state index in [1.165, 1.54) is 51.4 Å². The van der Waals surface area contributed by atoms with Crippen LogP contribution in [0.2, 0.25) is 0 Å². The van der Waals surface area contributed by atoms with Gasteiger partial charge in [0.25, 0.3) is 0 Å². The molecule has 2 N–H and O–H groups in total. The Bertz CT molecular complexity index is 505. The molecule has 0 heterocycles. The molecule has 0 rings (SSSR count). The van der Waals surface area contributed by atoms with E-state index in [9.17, 15) is 4.79 Å². The smallest absolute Gasteiger partial charge is 0.305 e. The molecule has 0 radical (unpaired) electrons. The van der Waals surface area contributed by atoms with Gasteiger partial charge in [-0.2, -0.15) is 0 Å². The van der Waals surface area contributed by atoms with E-state index in [1.807, 2.05) is 0 Å². The Balaban J connectivity index is 3.45. The fraction of sp³-hybridized carbons (Fsp3) is 0.667. The lowest BCUT2D eigenvalue weighted by Gasteiger charge is -2.07. The van der Waals surface area contributed by atoms with E-state index in [2.05, 4.69) is 55.5 Å². The Morgan fingerprint density at radius 3 is 1.77 bits per heavy atom. The highest BCUT2D eigenvalue weighted by atomic mass is 16.5. The average Bonchev–Trinajstić information content (AvgIpc) is 2.78. The van der Waals surface area contributed by atoms with Gasteiger partial charge in [0.15, 0.2) is 0 Å². The van der Waals surface area contributed by atoms with Gasteiger partial charge in [0.2, 0.25) is 0 Å². The summed E-state index contributed by atoms with van der Waals surface area (Å²) in [6.45, 7) is 1.73. The number of esters is 1. The normalized spacial score (nSPS) is 13.3. The maximum absolute atomic E-state index is 11.4. The summed E-state index contributed by atoms with van der Waals surface area (Å²) in [5.74, 6) is -0.333. The van der Waals surface area contributed by atoms with Crippen LogP contribution in [0.4, 0.5) is 0 Å². The van der Waals surface area contributed by atoms with Gasteiger partial charge >= 0.3 is 5.97 Å². The van der Waals surface area contributed by atoms with Crippen LogP contribution in [0, 0.1) is 0 Å². The first-order chi connectivity index (χ1) is 15.2. The predicted octanol–water partition coefficient (Wildman–Crippen LogP) is 6.59. The highest BCUT2D eigenvalue weighted by Crippen LogP contribution is 2.08. The topological polar surface area (TPSA) is 66.8 Å². The van der Waals surface area contributed by atoms with Crippen LogP contribution in [0.1, 0.15) is 96.8 Å². The molecule has 0 saturated carbocycles. The van der Waals surface area contributed by atoms with E-state index in [-0.39, 0.29) is 12.6 Å². The average molecular weight is 435 g/mol. The Morgan fingerprint density at radius 2 is 1.23 bits per heavy atom. The van der Waals surface area contributed by atoms with Gasteiger partial charge in [-0.1, -0.05) is 94.1 Å². The van der Waals surface area contributed by atoms with Gasteiger partial charge in [0.1, 0.15) is 12.7 Å². The first-order valence-corrected chi connectivity index (χ1v) is 12.2. The Morgan fingerprint density at radius 1 is 0.742 bits per heavy atom. The van der Waals surface area contributed by atoms with Crippen molar-refractivity contribution >= 4 is 5.97 Å². The Kier molecular flexibility index (Phi) is 23.3. The summed E-state index contributed by atoms with van der Waals surface area (Å²) in [6, 6.07) is 0. The van der Waals surface area contributed by atoms with Crippen molar-refractivity contribution in [3.05, 3.63) is 48.6 Å². The number of rotatable bonds is 21. The van der Waals surface area contributed by atoms with Crippen molar-refractivity contribution in [1.29, 1.82) is 0 Å². The van der Waals surface area contributed by atoms with E-state index >= 15 is 0 Å². The van der Waals surface area contributed by atoms with Crippen molar-refractivity contribution in [3.63, 3.8) is 0 Å². The fourth-order valence-electron chi connectivity index (χ4n) is 2.95. The van der Waals surface area contributed by atoms with Gasteiger partial charge < -0.3 is 14.9 Å². The van der Waals surface area contributed by atoms with E-state index in [4.69, 9.17) is 14.9 Å². The molecule has 31 heavy (non-hydrogen) atoms. The summed E-state index contributed by atoms with van der Waals surface area (Å²) in [5.41, 5.74) is 0. The molecule has 1 atom stereocenters. The molecule has 0 aromatic heterocycles. The van der Waals surface area contributed by atoms with Crippen LogP contribution in [-0.2, 0) is 9.53 Å². The van der Waals surface area contributed by atoms with Crippen LogP contribution in [-0.4, -0.2) is 35.5 Å². The highest BCUT2D eigenvalue weighted by molar-refractivity contribution is 5.69.